The second-order valence-corrected chi connectivity index (χ2v) is 9.21. The van der Waals surface area contributed by atoms with Crippen molar-refractivity contribution in [2.45, 2.75) is 58.3 Å². The molecule has 0 unspecified atom stereocenters. The molecule has 0 aromatic heterocycles. The van der Waals surface area contributed by atoms with E-state index in [1.165, 1.54) is 10.5 Å². The fourth-order valence-corrected chi connectivity index (χ4v) is 4.53. The Hall–Kier alpha value is -2.95. The zero-order valence-corrected chi connectivity index (χ0v) is 18.4. The molecule has 4 rings (SSSR count). The third-order valence-electron chi connectivity index (χ3n) is 6.91. The van der Waals surface area contributed by atoms with Crippen LogP contribution >= 0.6 is 0 Å². The lowest BCUT2D eigenvalue weighted by Crippen LogP contribution is -2.31. The molecule has 0 radical (unpaired) electrons. The van der Waals surface area contributed by atoms with Gasteiger partial charge in [0.2, 0.25) is 11.8 Å². The summed E-state index contributed by atoms with van der Waals surface area (Å²) in [4.78, 5) is 39.7. The zero-order chi connectivity index (χ0) is 22.2. The second-order valence-electron chi connectivity index (χ2n) is 9.21. The van der Waals surface area contributed by atoms with Gasteiger partial charge in [-0.05, 0) is 60.6 Å². The first-order chi connectivity index (χ1) is 14.8. The molecule has 1 saturated carbocycles. The van der Waals surface area contributed by atoms with Gasteiger partial charge in [0.15, 0.2) is 0 Å². The molecule has 1 heterocycles. The van der Waals surface area contributed by atoms with Crippen LogP contribution in [0.5, 0.6) is 5.75 Å². The summed E-state index contributed by atoms with van der Waals surface area (Å²) >= 11 is 0. The first kappa shape index (κ1) is 21.3. The predicted octanol–water partition coefficient (Wildman–Crippen LogP) is 5.27. The number of hydrogen-bond acceptors (Lipinski definition) is 4. The quantitative estimate of drug-likeness (QED) is 0.376. The van der Waals surface area contributed by atoms with Gasteiger partial charge in [0.05, 0.1) is 23.1 Å². The van der Waals surface area contributed by atoms with Crippen LogP contribution in [0.15, 0.2) is 48.5 Å². The van der Waals surface area contributed by atoms with Crippen molar-refractivity contribution in [2.24, 2.45) is 11.8 Å². The summed E-state index contributed by atoms with van der Waals surface area (Å²) < 4.78 is 5.54. The number of hydrogen-bond donors (Lipinski definition) is 0. The van der Waals surface area contributed by atoms with Gasteiger partial charge in [0.25, 0.3) is 0 Å². The molecule has 5 nitrogen and oxygen atoms in total. The number of rotatable bonds is 5. The molecular weight excluding hydrogens is 390 g/mol. The molecule has 162 valence electrons. The van der Waals surface area contributed by atoms with Crippen molar-refractivity contribution in [1.29, 1.82) is 0 Å². The predicted molar refractivity (Wildman–Crippen MR) is 119 cm³/mol. The van der Waals surface area contributed by atoms with Crippen LogP contribution in [-0.2, 0) is 15.0 Å². The summed E-state index contributed by atoms with van der Waals surface area (Å²) in [5, 5.41) is 0. The normalized spacial score (nSPS) is 21.2. The van der Waals surface area contributed by atoms with Crippen LogP contribution in [0, 0.1) is 11.8 Å². The van der Waals surface area contributed by atoms with Gasteiger partial charge in [-0.25, -0.2) is 4.79 Å². The Balaban J connectivity index is 1.51. The SMILES string of the molecule is CCC(C)(C)c1ccc(OC(=O)c2cccc(N3C(=O)[C@H]4CCCC[C@@H]4C3=O)c2)cc1. The standard InChI is InChI=1S/C26H29NO4/c1-4-26(2,3)18-12-14-20(15-13-18)31-25(30)17-8-7-9-19(16-17)27-23(28)21-10-5-6-11-22(21)24(27)29/h7-9,12-16,21-22H,4-6,10-11H2,1-3H3/t21-,22-/m0/s1. The summed E-state index contributed by atoms with van der Waals surface area (Å²) in [7, 11) is 0. The number of anilines is 1. The van der Waals surface area contributed by atoms with Crippen molar-refractivity contribution in [1.82, 2.24) is 0 Å². The molecule has 2 aromatic carbocycles. The van der Waals surface area contributed by atoms with E-state index < -0.39 is 5.97 Å². The molecule has 1 aliphatic carbocycles. The minimum Gasteiger partial charge on any atom is -0.423 e. The summed E-state index contributed by atoms with van der Waals surface area (Å²) in [5.74, 6) is -0.777. The maximum atomic E-state index is 12.8. The number of benzene rings is 2. The molecule has 2 amide bonds. The minimum atomic E-state index is -0.513. The molecule has 5 heteroatoms. The third kappa shape index (κ3) is 4.01. The highest BCUT2D eigenvalue weighted by molar-refractivity contribution is 6.22. The number of nitrogens with zero attached hydrogens (tertiary/aromatic N) is 1. The van der Waals surface area contributed by atoms with E-state index in [0.717, 1.165) is 32.1 Å². The van der Waals surface area contributed by atoms with Crippen LogP contribution in [-0.4, -0.2) is 17.8 Å². The molecular formula is C26H29NO4. The van der Waals surface area contributed by atoms with E-state index >= 15 is 0 Å². The maximum absolute atomic E-state index is 12.8. The van der Waals surface area contributed by atoms with Crippen LogP contribution in [0.4, 0.5) is 5.69 Å². The number of amides is 2. The third-order valence-corrected chi connectivity index (χ3v) is 6.91. The molecule has 1 saturated heterocycles. The van der Waals surface area contributed by atoms with E-state index in [9.17, 15) is 14.4 Å². The van der Waals surface area contributed by atoms with Gasteiger partial charge >= 0.3 is 5.97 Å². The van der Waals surface area contributed by atoms with E-state index in [4.69, 9.17) is 4.74 Å². The fraction of sp³-hybridized carbons (Fsp3) is 0.423. The summed E-state index contributed by atoms with van der Waals surface area (Å²) in [6.07, 6.45) is 4.49. The van der Waals surface area contributed by atoms with Gasteiger partial charge in [0, 0.05) is 0 Å². The Labute approximate surface area is 183 Å². The van der Waals surface area contributed by atoms with Crippen LogP contribution < -0.4 is 9.64 Å². The van der Waals surface area contributed by atoms with Gasteiger partial charge in [-0.1, -0.05) is 51.8 Å². The van der Waals surface area contributed by atoms with Crippen LogP contribution in [0.2, 0.25) is 0 Å². The van der Waals surface area contributed by atoms with Crippen molar-refractivity contribution in [3.05, 3.63) is 59.7 Å². The van der Waals surface area contributed by atoms with E-state index in [0.29, 0.717) is 17.0 Å². The summed E-state index contributed by atoms with van der Waals surface area (Å²) in [6.45, 7) is 6.50. The summed E-state index contributed by atoms with van der Waals surface area (Å²) in [6, 6.07) is 14.1. The van der Waals surface area contributed by atoms with Crippen LogP contribution in [0.1, 0.15) is 68.8 Å². The fourth-order valence-electron chi connectivity index (χ4n) is 4.53. The van der Waals surface area contributed by atoms with Crippen molar-refractivity contribution in [3.63, 3.8) is 0 Å². The second kappa shape index (κ2) is 8.29. The molecule has 0 bridgehead atoms. The molecule has 2 atom stereocenters. The number of imide groups is 1. The molecule has 0 spiro atoms. The lowest BCUT2D eigenvalue weighted by Gasteiger charge is -2.23. The number of esters is 1. The highest BCUT2D eigenvalue weighted by atomic mass is 16.5. The first-order valence-corrected chi connectivity index (χ1v) is 11.1. The summed E-state index contributed by atoms with van der Waals surface area (Å²) in [5.41, 5.74) is 2.00. The Morgan fingerprint density at radius 3 is 2.19 bits per heavy atom. The van der Waals surface area contributed by atoms with Gasteiger partial charge < -0.3 is 4.74 Å². The molecule has 2 aromatic rings. The highest BCUT2D eigenvalue weighted by Gasteiger charge is 2.48. The topological polar surface area (TPSA) is 63.7 Å². The van der Waals surface area contributed by atoms with Gasteiger partial charge in [-0.3, -0.25) is 14.5 Å². The molecule has 0 N–H and O–H groups in total. The molecule has 1 aliphatic heterocycles. The van der Waals surface area contributed by atoms with E-state index in [-0.39, 0.29) is 29.1 Å². The Morgan fingerprint density at radius 2 is 1.61 bits per heavy atom. The Bertz CT molecular complexity index is 984. The first-order valence-electron chi connectivity index (χ1n) is 11.1. The number of fused-ring (bicyclic) bond motifs is 1. The van der Waals surface area contributed by atoms with Crippen molar-refractivity contribution < 1.29 is 19.1 Å². The zero-order valence-electron chi connectivity index (χ0n) is 18.4. The Kier molecular flexibility index (Phi) is 5.69. The smallest absolute Gasteiger partial charge is 0.343 e. The van der Waals surface area contributed by atoms with Crippen LogP contribution in [0.25, 0.3) is 0 Å². The van der Waals surface area contributed by atoms with Crippen molar-refractivity contribution >= 4 is 23.5 Å². The largest absolute Gasteiger partial charge is 0.423 e. The molecule has 2 aliphatic rings. The maximum Gasteiger partial charge on any atom is 0.343 e. The van der Waals surface area contributed by atoms with E-state index in [1.54, 1.807) is 36.4 Å². The molecule has 31 heavy (non-hydrogen) atoms. The lowest BCUT2D eigenvalue weighted by molar-refractivity contribution is -0.122. The average Bonchev–Trinajstić information content (AvgIpc) is 3.04. The average molecular weight is 420 g/mol. The van der Waals surface area contributed by atoms with E-state index in [2.05, 4.69) is 20.8 Å². The Morgan fingerprint density at radius 1 is 1.00 bits per heavy atom. The van der Waals surface area contributed by atoms with Crippen molar-refractivity contribution in [2.75, 3.05) is 4.90 Å². The molecule has 2 fully saturated rings. The highest BCUT2D eigenvalue weighted by Crippen LogP contribution is 2.40. The number of carbonyl (C=O) groups excluding carboxylic acids is 3. The lowest BCUT2D eigenvalue weighted by atomic mass is 9.81. The van der Waals surface area contributed by atoms with Crippen LogP contribution in [0.3, 0.4) is 0 Å². The number of carbonyl (C=O) groups is 3. The minimum absolute atomic E-state index is 0.0584. The monoisotopic (exact) mass is 419 g/mol. The van der Waals surface area contributed by atoms with Gasteiger partial charge in [0.1, 0.15) is 5.75 Å². The number of ether oxygens (including phenoxy) is 1. The van der Waals surface area contributed by atoms with Gasteiger partial charge in [-0.15, -0.1) is 0 Å². The van der Waals surface area contributed by atoms with Gasteiger partial charge in [-0.2, -0.15) is 0 Å². The van der Waals surface area contributed by atoms with E-state index in [1.807, 2.05) is 12.1 Å². The van der Waals surface area contributed by atoms with Crippen molar-refractivity contribution in [3.8, 4) is 5.75 Å².